The third kappa shape index (κ3) is 2.33. The predicted molar refractivity (Wildman–Crippen MR) is 40.8 cm³/mol. The highest BCUT2D eigenvalue weighted by Crippen LogP contribution is 2.37. The van der Waals surface area contributed by atoms with Crippen molar-refractivity contribution >= 4 is 21.7 Å². The number of hydrogen-bond acceptors (Lipinski definition) is 1. The van der Waals surface area contributed by atoms with Crippen LogP contribution < -0.4 is 0 Å². The Labute approximate surface area is 75.8 Å². The first-order chi connectivity index (χ1) is 5.39. The SMILES string of the molecule is O=C1C=C(Br)C[C@@H](C(F)(F)F)C1. The van der Waals surface area contributed by atoms with Crippen molar-refractivity contribution in [3.63, 3.8) is 0 Å². The molecule has 0 aromatic carbocycles. The molecule has 12 heavy (non-hydrogen) atoms. The van der Waals surface area contributed by atoms with Gasteiger partial charge in [-0.25, -0.2) is 0 Å². The summed E-state index contributed by atoms with van der Waals surface area (Å²) in [5, 5.41) is 0. The van der Waals surface area contributed by atoms with E-state index in [9.17, 15) is 18.0 Å². The lowest BCUT2D eigenvalue weighted by atomic mass is 9.93. The summed E-state index contributed by atoms with van der Waals surface area (Å²) in [6.45, 7) is 0. The predicted octanol–water partition coefficient (Wildman–Crippen LogP) is 2.81. The Kier molecular flexibility index (Phi) is 2.61. The summed E-state index contributed by atoms with van der Waals surface area (Å²) < 4.78 is 36.6. The van der Waals surface area contributed by atoms with E-state index in [0.717, 1.165) is 0 Å². The molecule has 0 amide bonds. The smallest absolute Gasteiger partial charge is 0.295 e. The maximum Gasteiger partial charge on any atom is 0.392 e. The van der Waals surface area contributed by atoms with E-state index in [0.29, 0.717) is 4.48 Å². The normalized spacial score (nSPS) is 25.5. The largest absolute Gasteiger partial charge is 0.392 e. The van der Waals surface area contributed by atoms with Gasteiger partial charge >= 0.3 is 6.18 Å². The van der Waals surface area contributed by atoms with Crippen molar-refractivity contribution in [3.05, 3.63) is 10.6 Å². The minimum atomic E-state index is -4.26. The highest BCUT2D eigenvalue weighted by atomic mass is 79.9. The van der Waals surface area contributed by atoms with Crippen LogP contribution in [-0.4, -0.2) is 12.0 Å². The van der Waals surface area contributed by atoms with Gasteiger partial charge in [-0.2, -0.15) is 13.2 Å². The molecule has 1 atom stereocenters. The van der Waals surface area contributed by atoms with E-state index in [-0.39, 0.29) is 6.42 Å². The van der Waals surface area contributed by atoms with Gasteiger partial charge in [0, 0.05) is 6.42 Å². The fourth-order valence-corrected chi connectivity index (χ4v) is 1.72. The standard InChI is InChI=1S/C7H6BrF3O/c8-5-1-4(7(9,10)11)2-6(12)3-5/h3-4H,1-2H2/t4-/m1/s1. The van der Waals surface area contributed by atoms with Crippen molar-refractivity contribution in [2.75, 3.05) is 0 Å². The van der Waals surface area contributed by atoms with E-state index >= 15 is 0 Å². The second-order valence-electron chi connectivity index (χ2n) is 2.70. The Morgan fingerprint density at radius 1 is 1.42 bits per heavy atom. The van der Waals surface area contributed by atoms with Gasteiger partial charge in [0.25, 0.3) is 0 Å². The number of ketones is 1. The highest BCUT2D eigenvalue weighted by Gasteiger charge is 2.42. The van der Waals surface area contributed by atoms with Gasteiger partial charge in [0.05, 0.1) is 5.92 Å². The first-order valence-electron chi connectivity index (χ1n) is 3.35. The molecular formula is C7H6BrF3O. The van der Waals surface area contributed by atoms with Crippen LogP contribution in [-0.2, 0) is 4.79 Å². The summed E-state index contributed by atoms with van der Waals surface area (Å²) in [5.41, 5.74) is 0. The van der Waals surface area contributed by atoms with E-state index in [1.807, 2.05) is 0 Å². The molecule has 0 N–H and O–H groups in total. The number of carbonyl (C=O) groups is 1. The summed E-state index contributed by atoms with van der Waals surface area (Å²) >= 11 is 2.90. The monoisotopic (exact) mass is 242 g/mol. The Hall–Kier alpha value is -0.320. The number of hydrogen-bond donors (Lipinski definition) is 0. The Balaban J connectivity index is 2.74. The molecule has 5 heteroatoms. The molecule has 1 aliphatic rings. The molecule has 68 valence electrons. The Bertz CT molecular complexity index is 231. The fourth-order valence-electron chi connectivity index (χ4n) is 1.07. The summed E-state index contributed by atoms with van der Waals surface area (Å²) in [5.74, 6) is -1.97. The molecule has 0 unspecified atom stereocenters. The van der Waals surface area contributed by atoms with E-state index in [1.54, 1.807) is 0 Å². The van der Waals surface area contributed by atoms with Gasteiger partial charge in [0.2, 0.25) is 0 Å². The number of carbonyl (C=O) groups excluding carboxylic acids is 1. The number of rotatable bonds is 0. The number of allylic oxidation sites excluding steroid dienone is 2. The van der Waals surface area contributed by atoms with Gasteiger partial charge in [-0.3, -0.25) is 4.79 Å². The molecule has 0 heterocycles. The summed E-state index contributed by atoms with van der Waals surface area (Å²) in [6, 6.07) is 0. The maximum absolute atomic E-state index is 12.1. The highest BCUT2D eigenvalue weighted by molar-refractivity contribution is 9.11. The lowest BCUT2D eigenvalue weighted by Crippen LogP contribution is -2.27. The average Bonchev–Trinajstić information content (AvgIpc) is 1.82. The van der Waals surface area contributed by atoms with Gasteiger partial charge in [0.15, 0.2) is 5.78 Å². The number of alkyl halides is 3. The summed E-state index contributed by atoms with van der Waals surface area (Å²) in [6.07, 6.45) is -3.58. The topological polar surface area (TPSA) is 17.1 Å². The lowest BCUT2D eigenvalue weighted by Gasteiger charge is -2.21. The van der Waals surface area contributed by atoms with Gasteiger partial charge in [0.1, 0.15) is 0 Å². The third-order valence-electron chi connectivity index (χ3n) is 1.67. The molecular weight excluding hydrogens is 237 g/mol. The molecule has 0 fully saturated rings. The Morgan fingerprint density at radius 3 is 2.42 bits per heavy atom. The van der Waals surface area contributed by atoms with Crippen LogP contribution in [0.1, 0.15) is 12.8 Å². The fraction of sp³-hybridized carbons (Fsp3) is 0.571. The van der Waals surface area contributed by atoms with Crippen LogP contribution in [0.25, 0.3) is 0 Å². The number of halogens is 4. The van der Waals surface area contributed by atoms with Crippen molar-refractivity contribution in [1.29, 1.82) is 0 Å². The van der Waals surface area contributed by atoms with Crippen molar-refractivity contribution in [3.8, 4) is 0 Å². The van der Waals surface area contributed by atoms with Crippen LogP contribution in [0.2, 0.25) is 0 Å². The first-order valence-corrected chi connectivity index (χ1v) is 4.14. The van der Waals surface area contributed by atoms with E-state index in [2.05, 4.69) is 15.9 Å². The average molecular weight is 243 g/mol. The van der Waals surface area contributed by atoms with Crippen molar-refractivity contribution in [2.24, 2.45) is 5.92 Å². The van der Waals surface area contributed by atoms with Crippen LogP contribution in [0.3, 0.4) is 0 Å². The zero-order valence-electron chi connectivity index (χ0n) is 5.99. The molecule has 0 radical (unpaired) electrons. The van der Waals surface area contributed by atoms with Crippen LogP contribution in [0.5, 0.6) is 0 Å². The van der Waals surface area contributed by atoms with Crippen LogP contribution in [0.15, 0.2) is 10.6 Å². The minimum Gasteiger partial charge on any atom is -0.295 e. The van der Waals surface area contributed by atoms with Gasteiger partial charge in [-0.15, -0.1) is 0 Å². The van der Waals surface area contributed by atoms with Gasteiger partial charge in [-0.1, -0.05) is 15.9 Å². The summed E-state index contributed by atoms with van der Waals surface area (Å²) in [4.78, 5) is 10.7. The molecule has 0 aliphatic heterocycles. The van der Waals surface area contributed by atoms with Gasteiger partial charge < -0.3 is 0 Å². The van der Waals surface area contributed by atoms with Gasteiger partial charge in [-0.05, 0) is 17.0 Å². The zero-order valence-corrected chi connectivity index (χ0v) is 7.58. The lowest BCUT2D eigenvalue weighted by molar-refractivity contribution is -0.178. The molecule has 0 spiro atoms. The minimum absolute atomic E-state index is 0.116. The third-order valence-corrected chi connectivity index (χ3v) is 2.22. The second-order valence-corrected chi connectivity index (χ2v) is 3.72. The second kappa shape index (κ2) is 3.20. The molecule has 0 aromatic heterocycles. The molecule has 0 saturated heterocycles. The quantitative estimate of drug-likeness (QED) is 0.639. The molecule has 0 saturated carbocycles. The molecule has 1 rings (SSSR count). The summed E-state index contributed by atoms with van der Waals surface area (Å²) in [7, 11) is 0. The van der Waals surface area contributed by atoms with E-state index < -0.39 is 24.3 Å². The molecule has 0 aromatic rings. The zero-order chi connectivity index (χ0) is 9.35. The van der Waals surface area contributed by atoms with Crippen LogP contribution >= 0.6 is 15.9 Å². The maximum atomic E-state index is 12.1. The van der Waals surface area contributed by atoms with Crippen molar-refractivity contribution < 1.29 is 18.0 Å². The van der Waals surface area contributed by atoms with Crippen LogP contribution in [0.4, 0.5) is 13.2 Å². The van der Waals surface area contributed by atoms with Crippen molar-refractivity contribution in [2.45, 2.75) is 19.0 Å². The molecule has 1 aliphatic carbocycles. The van der Waals surface area contributed by atoms with Crippen LogP contribution in [0, 0.1) is 5.92 Å². The first kappa shape index (κ1) is 9.77. The Morgan fingerprint density at radius 2 is 2.00 bits per heavy atom. The van der Waals surface area contributed by atoms with E-state index in [1.165, 1.54) is 6.08 Å². The van der Waals surface area contributed by atoms with E-state index in [4.69, 9.17) is 0 Å². The van der Waals surface area contributed by atoms with Crippen molar-refractivity contribution in [1.82, 2.24) is 0 Å². The molecule has 0 bridgehead atoms. The molecule has 1 nitrogen and oxygen atoms in total.